The van der Waals surface area contributed by atoms with Crippen molar-refractivity contribution in [1.82, 2.24) is 0 Å². The summed E-state index contributed by atoms with van der Waals surface area (Å²) in [5, 5.41) is 4.81. The van der Waals surface area contributed by atoms with Crippen molar-refractivity contribution in [2.75, 3.05) is 9.80 Å². The van der Waals surface area contributed by atoms with Gasteiger partial charge in [0, 0.05) is 33.6 Å². The third kappa shape index (κ3) is 5.77. The fourth-order valence-corrected chi connectivity index (χ4v) is 7.45. The summed E-state index contributed by atoms with van der Waals surface area (Å²) in [7, 11) is 0. The summed E-state index contributed by atoms with van der Waals surface area (Å²) in [6.45, 7) is 0. The smallest absolute Gasteiger partial charge is 0.0561 e. The molecular weight excluding hydrogens is 629 g/mol. The first-order chi connectivity index (χ1) is 25.8. The lowest BCUT2D eigenvalue weighted by atomic mass is 9.96. The molecule has 2 heteroatoms. The van der Waals surface area contributed by atoms with Gasteiger partial charge in [0.15, 0.2) is 0 Å². The summed E-state index contributed by atoms with van der Waals surface area (Å²) < 4.78 is 0. The molecule has 0 saturated carbocycles. The Kier molecular flexibility index (Phi) is 8.24. The minimum absolute atomic E-state index is 1.08. The molecule has 246 valence electrons. The average molecular weight is 665 g/mol. The second-order valence-electron chi connectivity index (χ2n) is 13.0. The van der Waals surface area contributed by atoms with E-state index in [1.165, 1.54) is 43.8 Å². The molecule has 0 bridgehead atoms. The molecule has 9 aromatic rings. The Morgan fingerprint density at radius 3 is 1.31 bits per heavy atom. The Bertz CT molecular complexity index is 2620. The number of hydrogen-bond acceptors (Lipinski definition) is 2. The van der Waals surface area contributed by atoms with Crippen LogP contribution < -0.4 is 9.80 Å². The topological polar surface area (TPSA) is 6.48 Å². The average Bonchev–Trinajstić information content (AvgIpc) is 3.23. The maximum Gasteiger partial charge on any atom is 0.0561 e. The number of fused-ring (bicyclic) bond motifs is 3. The van der Waals surface area contributed by atoms with Crippen molar-refractivity contribution in [1.29, 1.82) is 0 Å². The van der Waals surface area contributed by atoms with Gasteiger partial charge in [-0.15, -0.1) is 0 Å². The number of benzene rings is 9. The van der Waals surface area contributed by atoms with Gasteiger partial charge in [-0.05, 0) is 75.8 Å². The molecule has 0 aliphatic carbocycles. The van der Waals surface area contributed by atoms with E-state index in [2.05, 4.69) is 228 Å². The number of nitrogens with zero attached hydrogens (tertiary/aromatic N) is 2. The predicted octanol–water partition coefficient (Wildman–Crippen LogP) is 14.3. The van der Waals surface area contributed by atoms with Crippen molar-refractivity contribution in [2.24, 2.45) is 0 Å². The van der Waals surface area contributed by atoms with E-state index < -0.39 is 0 Å². The molecule has 9 rings (SSSR count). The van der Waals surface area contributed by atoms with E-state index in [0.717, 1.165) is 34.1 Å². The predicted molar refractivity (Wildman–Crippen MR) is 222 cm³/mol. The quantitative estimate of drug-likeness (QED) is 0.149. The monoisotopic (exact) mass is 664 g/mol. The highest BCUT2D eigenvalue weighted by molar-refractivity contribution is 6.15. The Hall–Kier alpha value is -6.90. The molecule has 0 atom stereocenters. The van der Waals surface area contributed by atoms with Crippen LogP contribution in [0.3, 0.4) is 0 Å². The fourth-order valence-electron chi connectivity index (χ4n) is 7.45. The van der Waals surface area contributed by atoms with Crippen molar-refractivity contribution in [3.8, 4) is 22.3 Å². The summed E-state index contributed by atoms with van der Waals surface area (Å²) in [4.78, 5) is 4.86. The second kappa shape index (κ2) is 13.8. The van der Waals surface area contributed by atoms with Gasteiger partial charge in [0.1, 0.15) is 0 Å². The SMILES string of the molecule is c1ccc(-c2ccccc2N(c2ccccc2)c2cc(N(c3ccccc3)c3ccccc3-c3ccccc3)c3ccc4ccccc4c3c2)cc1. The first-order valence-electron chi connectivity index (χ1n) is 17.8. The Labute approximate surface area is 305 Å². The minimum atomic E-state index is 1.08. The van der Waals surface area contributed by atoms with Crippen LogP contribution in [0.1, 0.15) is 0 Å². The van der Waals surface area contributed by atoms with E-state index in [0.29, 0.717) is 0 Å². The van der Waals surface area contributed by atoms with Gasteiger partial charge in [-0.25, -0.2) is 0 Å². The normalized spacial score (nSPS) is 11.1. The zero-order valence-corrected chi connectivity index (χ0v) is 28.7. The molecule has 0 aliphatic rings. The highest BCUT2D eigenvalue weighted by Gasteiger charge is 2.24. The van der Waals surface area contributed by atoms with Gasteiger partial charge < -0.3 is 9.80 Å². The zero-order valence-electron chi connectivity index (χ0n) is 28.7. The molecule has 0 amide bonds. The van der Waals surface area contributed by atoms with Crippen LogP contribution in [0.25, 0.3) is 43.8 Å². The van der Waals surface area contributed by atoms with Gasteiger partial charge in [-0.1, -0.05) is 170 Å². The Balaban J connectivity index is 1.39. The van der Waals surface area contributed by atoms with Crippen LogP contribution in [0.2, 0.25) is 0 Å². The molecule has 0 radical (unpaired) electrons. The molecule has 0 N–H and O–H groups in total. The van der Waals surface area contributed by atoms with Gasteiger partial charge in [0.25, 0.3) is 0 Å². The molecule has 52 heavy (non-hydrogen) atoms. The third-order valence-electron chi connectivity index (χ3n) is 9.81. The molecular formula is C50H36N2. The van der Waals surface area contributed by atoms with Gasteiger partial charge >= 0.3 is 0 Å². The maximum absolute atomic E-state index is 2.44. The maximum atomic E-state index is 2.44. The number of rotatable bonds is 8. The highest BCUT2D eigenvalue weighted by atomic mass is 15.2. The zero-order chi connectivity index (χ0) is 34.7. The third-order valence-corrected chi connectivity index (χ3v) is 9.81. The summed E-state index contributed by atoms with van der Waals surface area (Å²) in [6, 6.07) is 78.4. The molecule has 0 saturated heterocycles. The summed E-state index contributed by atoms with van der Waals surface area (Å²) in [5.41, 5.74) is 11.3. The first-order valence-corrected chi connectivity index (χ1v) is 17.8. The number of hydrogen-bond donors (Lipinski definition) is 0. The van der Waals surface area contributed by atoms with Gasteiger partial charge in [-0.2, -0.15) is 0 Å². The largest absolute Gasteiger partial charge is 0.310 e. The first kappa shape index (κ1) is 31.1. The van der Waals surface area contributed by atoms with Crippen molar-refractivity contribution < 1.29 is 0 Å². The Morgan fingerprint density at radius 1 is 0.250 bits per heavy atom. The van der Waals surface area contributed by atoms with Crippen LogP contribution in [0.15, 0.2) is 218 Å². The molecule has 9 aromatic carbocycles. The molecule has 2 nitrogen and oxygen atoms in total. The molecule has 0 aliphatic heterocycles. The van der Waals surface area contributed by atoms with Gasteiger partial charge in [-0.3, -0.25) is 0 Å². The van der Waals surface area contributed by atoms with Crippen LogP contribution in [-0.2, 0) is 0 Å². The molecule has 0 unspecified atom stereocenters. The highest BCUT2D eigenvalue weighted by Crippen LogP contribution is 2.49. The van der Waals surface area contributed by atoms with Crippen molar-refractivity contribution in [2.45, 2.75) is 0 Å². The van der Waals surface area contributed by atoms with Gasteiger partial charge in [0.05, 0.1) is 17.1 Å². The lowest BCUT2D eigenvalue weighted by Crippen LogP contribution is -2.15. The molecule has 0 heterocycles. The molecule has 0 spiro atoms. The van der Waals surface area contributed by atoms with Crippen molar-refractivity contribution >= 4 is 55.7 Å². The van der Waals surface area contributed by atoms with E-state index in [9.17, 15) is 0 Å². The lowest BCUT2D eigenvalue weighted by molar-refractivity contribution is 1.26. The van der Waals surface area contributed by atoms with E-state index in [1.807, 2.05) is 0 Å². The van der Waals surface area contributed by atoms with Crippen LogP contribution in [-0.4, -0.2) is 0 Å². The summed E-state index contributed by atoms with van der Waals surface area (Å²) in [6.07, 6.45) is 0. The van der Waals surface area contributed by atoms with E-state index in [-0.39, 0.29) is 0 Å². The fraction of sp³-hybridized carbons (Fsp3) is 0. The van der Waals surface area contributed by atoms with E-state index >= 15 is 0 Å². The standard InChI is InChI=1S/C50H36N2/c1-5-19-37(20-6-1)44-29-15-17-31-48(44)51(40-24-9-3-10-25-40)42-35-47-43-28-14-13-23-39(43)33-34-46(47)50(36-42)52(41-26-11-4-12-27-41)49-32-18-16-30-45(49)38-21-7-2-8-22-38/h1-36H. The van der Waals surface area contributed by atoms with Crippen LogP contribution >= 0.6 is 0 Å². The van der Waals surface area contributed by atoms with E-state index in [1.54, 1.807) is 0 Å². The summed E-state index contributed by atoms with van der Waals surface area (Å²) in [5.74, 6) is 0. The summed E-state index contributed by atoms with van der Waals surface area (Å²) >= 11 is 0. The van der Waals surface area contributed by atoms with Crippen molar-refractivity contribution in [3.05, 3.63) is 218 Å². The second-order valence-corrected chi connectivity index (χ2v) is 13.0. The molecule has 0 aromatic heterocycles. The lowest BCUT2D eigenvalue weighted by Gasteiger charge is -2.32. The minimum Gasteiger partial charge on any atom is -0.310 e. The van der Waals surface area contributed by atoms with Gasteiger partial charge in [0.2, 0.25) is 0 Å². The number of anilines is 6. The van der Waals surface area contributed by atoms with Crippen LogP contribution in [0.4, 0.5) is 34.1 Å². The van der Waals surface area contributed by atoms with Crippen LogP contribution in [0.5, 0.6) is 0 Å². The van der Waals surface area contributed by atoms with E-state index in [4.69, 9.17) is 0 Å². The van der Waals surface area contributed by atoms with Crippen molar-refractivity contribution in [3.63, 3.8) is 0 Å². The Morgan fingerprint density at radius 2 is 0.712 bits per heavy atom. The van der Waals surface area contributed by atoms with Crippen LogP contribution in [0, 0.1) is 0 Å². The molecule has 0 fully saturated rings. The number of para-hydroxylation sites is 4.